The molecule has 1 aliphatic heterocycles. The van der Waals surface area contributed by atoms with Gasteiger partial charge in [0, 0.05) is 18.2 Å². The van der Waals surface area contributed by atoms with E-state index in [9.17, 15) is 19.2 Å². The Hall–Kier alpha value is -4.59. The maximum atomic E-state index is 12.4. The minimum Gasteiger partial charge on any atom is -0.452 e. The third-order valence-corrected chi connectivity index (χ3v) is 5.05. The van der Waals surface area contributed by atoms with Gasteiger partial charge in [0.25, 0.3) is 17.7 Å². The molecule has 0 atom stereocenters. The summed E-state index contributed by atoms with van der Waals surface area (Å²) >= 11 is 0. The molecule has 3 aromatic carbocycles. The van der Waals surface area contributed by atoms with Gasteiger partial charge in [-0.3, -0.25) is 19.3 Å². The smallest absolute Gasteiger partial charge is 0.338 e. The number of esters is 1. The lowest BCUT2D eigenvalue weighted by Gasteiger charge is -2.08. The zero-order valence-corrected chi connectivity index (χ0v) is 17.6. The van der Waals surface area contributed by atoms with Crippen molar-refractivity contribution in [3.63, 3.8) is 0 Å². The molecule has 0 bridgehead atoms. The lowest BCUT2D eigenvalue weighted by molar-refractivity contribution is -0.124. The van der Waals surface area contributed by atoms with Crippen LogP contribution in [0.5, 0.6) is 0 Å². The van der Waals surface area contributed by atoms with E-state index in [4.69, 9.17) is 4.74 Å². The molecule has 3 amide bonds. The highest BCUT2D eigenvalue weighted by atomic mass is 16.5. The normalized spacial score (nSPS) is 12.2. The largest absolute Gasteiger partial charge is 0.452 e. The fraction of sp³-hybridized carbons (Fsp3) is 0.0800. The average molecular weight is 441 g/mol. The second-order valence-corrected chi connectivity index (χ2v) is 7.23. The van der Waals surface area contributed by atoms with Crippen LogP contribution in [0.1, 0.15) is 42.2 Å². The fourth-order valence-corrected chi connectivity index (χ4v) is 3.34. The SMILES string of the molecule is CN1C(=O)c2ccc(C(=O)OCC(=O)NN=C(c3ccccc3)c3ccccc3)cc2C1=O. The van der Waals surface area contributed by atoms with E-state index in [-0.39, 0.29) is 16.7 Å². The van der Waals surface area contributed by atoms with E-state index in [0.29, 0.717) is 5.71 Å². The van der Waals surface area contributed by atoms with Crippen molar-refractivity contribution >= 4 is 29.4 Å². The van der Waals surface area contributed by atoms with Gasteiger partial charge in [-0.15, -0.1) is 0 Å². The number of fused-ring (bicyclic) bond motifs is 1. The standard InChI is InChI=1S/C25H19N3O5/c1-28-23(30)19-13-12-18(14-20(19)24(28)31)25(32)33-15-21(29)26-27-22(16-8-4-2-5-9-16)17-10-6-3-7-11-17/h2-14H,15H2,1H3,(H,26,29). The minimum absolute atomic E-state index is 0.0655. The molecule has 1 N–H and O–H groups in total. The molecule has 0 fully saturated rings. The molecule has 4 rings (SSSR count). The molecule has 8 heteroatoms. The summed E-state index contributed by atoms with van der Waals surface area (Å²) in [7, 11) is 1.37. The van der Waals surface area contributed by atoms with Crippen molar-refractivity contribution in [3.8, 4) is 0 Å². The molecule has 0 spiro atoms. The molecule has 1 aliphatic rings. The highest BCUT2D eigenvalue weighted by Crippen LogP contribution is 2.23. The number of amides is 3. The summed E-state index contributed by atoms with van der Waals surface area (Å²) in [6, 6.07) is 22.8. The Bertz CT molecular complexity index is 1230. The molecular formula is C25H19N3O5. The zero-order valence-electron chi connectivity index (χ0n) is 17.6. The summed E-state index contributed by atoms with van der Waals surface area (Å²) in [5, 5.41) is 4.23. The lowest BCUT2D eigenvalue weighted by Crippen LogP contribution is -2.26. The predicted octanol–water partition coefficient (Wildman–Crippen LogP) is 2.64. The number of hydrazone groups is 1. The van der Waals surface area contributed by atoms with Crippen molar-refractivity contribution in [2.24, 2.45) is 5.10 Å². The Labute approximate surface area is 189 Å². The number of ether oxygens (including phenoxy) is 1. The topological polar surface area (TPSA) is 105 Å². The van der Waals surface area contributed by atoms with Crippen LogP contribution in [0.4, 0.5) is 0 Å². The number of nitrogens with one attached hydrogen (secondary N) is 1. The van der Waals surface area contributed by atoms with Gasteiger partial charge in [0.15, 0.2) is 6.61 Å². The quantitative estimate of drug-likeness (QED) is 0.274. The number of rotatable bonds is 6. The van der Waals surface area contributed by atoms with Gasteiger partial charge in [-0.05, 0) is 18.2 Å². The van der Waals surface area contributed by atoms with Gasteiger partial charge in [0.05, 0.1) is 22.4 Å². The summed E-state index contributed by atoms with van der Waals surface area (Å²) in [6.07, 6.45) is 0. The summed E-state index contributed by atoms with van der Waals surface area (Å²) in [4.78, 5) is 49.7. The van der Waals surface area contributed by atoms with Crippen LogP contribution in [0.25, 0.3) is 0 Å². The maximum Gasteiger partial charge on any atom is 0.338 e. The Balaban J connectivity index is 1.43. The Morgan fingerprint density at radius 2 is 1.39 bits per heavy atom. The van der Waals surface area contributed by atoms with Gasteiger partial charge in [-0.1, -0.05) is 60.7 Å². The van der Waals surface area contributed by atoms with E-state index >= 15 is 0 Å². The Morgan fingerprint density at radius 3 is 2.00 bits per heavy atom. The molecule has 0 saturated carbocycles. The number of hydrogen-bond acceptors (Lipinski definition) is 6. The number of benzene rings is 3. The monoisotopic (exact) mass is 441 g/mol. The summed E-state index contributed by atoms with van der Waals surface area (Å²) < 4.78 is 5.05. The van der Waals surface area contributed by atoms with Crippen molar-refractivity contribution in [1.82, 2.24) is 10.3 Å². The first kappa shape index (κ1) is 21.6. The number of nitrogens with zero attached hydrogens (tertiary/aromatic N) is 2. The summed E-state index contributed by atoms with van der Waals surface area (Å²) in [6.45, 7) is -0.566. The van der Waals surface area contributed by atoms with Gasteiger partial charge in [0.2, 0.25) is 0 Å². The van der Waals surface area contributed by atoms with Crippen LogP contribution in [0.15, 0.2) is 84.0 Å². The third kappa shape index (κ3) is 4.54. The van der Waals surface area contributed by atoms with Crippen molar-refractivity contribution in [2.75, 3.05) is 13.7 Å². The van der Waals surface area contributed by atoms with Crippen molar-refractivity contribution in [2.45, 2.75) is 0 Å². The first-order chi connectivity index (χ1) is 16.0. The molecular weight excluding hydrogens is 422 g/mol. The molecule has 0 radical (unpaired) electrons. The lowest BCUT2D eigenvalue weighted by atomic mass is 10.0. The van der Waals surface area contributed by atoms with Crippen LogP contribution in [0, 0.1) is 0 Å². The van der Waals surface area contributed by atoms with Gasteiger partial charge in [-0.2, -0.15) is 5.10 Å². The molecule has 164 valence electrons. The van der Waals surface area contributed by atoms with E-state index in [1.165, 1.54) is 25.2 Å². The van der Waals surface area contributed by atoms with Crippen LogP contribution in [-0.4, -0.2) is 48.0 Å². The molecule has 1 heterocycles. The molecule has 0 unspecified atom stereocenters. The predicted molar refractivity (Wildman–Crippen MR) is 120 cm³/mol. The van der Waals surface area contributed by atoms with E-state index in [1.807, 2.05) is 60.7 Å². The maximum absolute atomic E-state index is 12.4. The van der Waals surface area contributed by atoms with E-state index < -0.39 is 30.3 Å². The molecule has 33 heavy (non-hydrogen) atoms. The number of carbonyl (C=O) groups is 4. The molecule has 3 aromatic rings. The number of imide groups is 1. The molecule has 8 nitrogen and oxygen atoms in total. The van der Waals surface area contributed by atoms with Crippen LogP contribution >= 0.6 is 0 Å². The highest BCUT2D eigenvalue weighted by molar-refractivity contribution is 6.21. The van der Waals surface area contributed by atoms with E-state index in [0.717, 1.165) is 16.0 Å². The van der Waals surface area contributed by atoms with Crippen molar-refractivity contribution in [1.29, 1.82) is 0 Å². The molecule has 0 saturated heterocycles. The van der Waals surface area contributed by atoms with Gasteiger partial charge in [-0.25, -0.2) is 10.2 Å². The van der Waals surface area contributed by atoms with Gasteiger partial charge < -0.3 is 4.74 Å². The van der Waals surface area contributed by atoms with E-state index in [2.05, 4.69) is 10.5 Å². The third-order valence-electron chi connectivity index (χ3n) is 5.05. The Morgan fingerprint density at radius 1 is 0.818 bits per heavy atom. The zero-order chi connectivity index (χ0) is 23.4. The summed E-state index contributed by atoms with van der Waals surface area (Å²) in [5.41, 5.74) is 5.00. The molecule has 0 aliphatic carbocycles. The van der Waals surface area contributed by atoms with Crippen molar-refractivity contribution < 1.29 is 23.9 Å². The first-order valence-electron chi connectivity index (χ1n) is 10.1. The van der Waals surface area contributed by atoms with Gasteiger partial charge >= 0.3 is 5.97 Å². The van der Waals surface area contributed by atoms with Crippen LogP contribution in [-0.2, 0) is 9.53 Å². The van der Waals surface area contributed by atoms with Crippen molar-refractivity contribution in [3.05, 3.63) is 107 Å². The van der Waals surface area contributed by atoms with E-state index in [1.54, 1.807) is 0 Å². The van der Waals surface area contributed by atoms with Crippen LogP contribution < -0.4 is 5.43 Å². The second-order valence-electron chi connectivity index (χ2n) is 7.23. The second kappa shape index (κ2) is 9.27. The fourth-order valence-electron chi connectivity index (χ4n) is 3.34. The Kier molecular flexibility index (Phi) is 6.08. The number of hydrogen-bond donors (Lipinski definition) is 1. The number of carbonyl (C=O) groups excluding carboxylic acids is 4. The summed E-state index contributed by atoms with van der Waals surface area (Å²) in [5.74, 6) is -2.34. The average Bonchev–Trinajstić information content (AvgIpc) is 3.07. The van der Waals surface area contributed by atoms with Gasteiger partial charge in [0.1, 0.15) is 0 Å². The first-order valence-corrected chi connectivity index (χ1v) is 10.1. The van der Waals surface area contributed by atoms with Crippen LogP contribution in [0.3, 0.4) is 0 Å². The minimum atomic E-state index is -0.793. The molecule has 0 aromatic heterocycles. The highest BCUT2D eigenvalue weighted by Gasteiger charge is 2.33. The van der Waals surface area contributed by atoms with Crippen LogP contribution in [0.2, 0.25) is 0 Å².